The molecule has 1 N–H and O–H groups in total. The summed E-state index contributed by atoms with van der Waals surface area (Å²) >= 11 is 14.2. The van der Waals surface area contributed by atoms with E-state index in [0.717, 1.165) is 12.1 Å². The van der Waals surface area contributed by atoms with Crippen molar-refractivity contribution in [3.63, 3.8) is 0 Å². The van der Waals surface area contributed by atoms with E-state index in [1.54, 1.807) is 43.3 Å². The third kappa shape index (κ3) is 7.77. The van der Waals surface area contributed by atoms with Crippen molar-refractivity contribution in [2.75, 3.05) is 11.9 Å². The van der Waals surface area contributed by atoms with Crippen LogP contribution in [0.5, 0.6) is 11.5 Å². The number of alkyl halides is 3. The number of nitriles is 1. The van der Waals surface area contributed by atoms with Gasteiger partial charge < -0.3 is 14.8 Å². The van der Waals surface area contributed by atoms with Gasteiger partial charge in [0, 0.05) is 21.3 Å². The van der Waals surface area contributed by atoms with Crippen molar-refractivity contribution < 1.29 is 27.4 Å². The molecule has 0 aliphatic rings. The van der Waals surface area contributed by atoms with Gasteiger partial charge in [-0.3, -0.25) is 4.79 Å². The van der Waals surface area contributed by atoms with E-state index in [1.165, 1.54) is 18.2 Å². The molecule has 0 saturated heterocycles. The van der Waals surface area contributed by atoms with Crippen LogP contribution >= 0.6 is 45.8 Å². The summed E-state index contributed by atoms with van der Waals surface area (Å²) in [6.07, 6.45) is -3.25. The third-order valence-corrected chi connectivity index (χ3v) is 6.23. The van der Waals surface area contributed by atoms with Gasteiger partial charge in [-0.25, -0.2) is 0 Å². The van der Waals surface area contributed by atoms with Crippen molar-refractivity contribution in [2.24, 2.45) is 0 Å². The van der Waals surface area contributed by atoms with Crippen LogP contribution in [0.2, 0.25) is 10.0 Å². The molecule has 192 valence electrons. The van der Waals surface area contributed by atoms with E-state index in [9.17, 15) is 23.2 Å². The van der Waals surface area contributed by atoms with Crippen LogP contribution in [0.4, 0.5) is 18.9 Å². The van der Waals surface area contributed by atoms with Crippen LogP contribution < -0.4 is 14.8 Å². The Kier molecular flexibility index (Phi) is 9.70. The molecule has 11 heteroatoms. The second-order valence-electron chi connectivity index (χ2n) is 7.49. The summed E-state index contributed by atoms with van der Waals surface area (Å²) in [5.74, 6) is -0.0358. The van der Waals surface area contributed by atoms with E-state index in [-0.39, 0.29) is 17.9 Å². The molecule has 0 atom stereocenters. The second-order valence-corrected chi connectivity index (χ2v) is 9.50. The van der Waals surface area contributed by atoms with E-state index < -0.39 is 17.6 Å². The minimum atomic E-state index is -4.57. The molecular formula is C26H18Cl2F3IN2O3. The zero-order valence-electron chi connectivity index (χ0n) is 19.1. The second kappa shape index (κ2) is 12.5. The Morgan fingerprint density at radius 3 is 2.54 bits per heavy atom. The zero-order valence-corrected chi connectivity index (χ0v) is 22.8. The van der Waals surface area contributed by atoms with Crippen LogP contribution in [-0.2, 0) is 17.6 Å². The summed E-state index contributed by atoms with van der Waals surface area (Å²) in [5.41, 5.74) is -0.140. The van der Waals surface area contributed by atoms with Gasteiger partial charge >= 0.3 is 6.18 Å². The first-order valence-corrected chi connectivity index (χ1v) is 12.5. The van der Waals surface area contributed by atoms with Crippen LogP contribution in [0.3, 0.4) is 0 Å². The highest BCUT2D eigenvalue weighted by atomic mass is 127. The molecule has 0 aromatic heterocycles. The van der Waals surface area contributed by atoms with Crippen molar-refractivity contribution in [3.05, 3.63) is 90.5 Å². The van der Waals surface area contributed by atoms with Crippen LogP contribution in [0.1, 0.15) is 23.6 Å². The van der Waals surface area contributed by atoms with Crippen LogP contribution in [0.15, 0.2) is 60.2 Å². The molecular weight excluding hydrogens is 643 g/mol. The van der Waals surface area contributed by atoms with Gasteiger partial charge in [0.1, 0.15) is 18.2 Å². The third-order valence-electron chi connectivity index (χ3n) is 4.84. The number of amides is 1. The minimum absolute atomic E-state index is 0.0878. The molecule has 3 aromatic rings. The molecule has 0 aliphatic heterocycles. The number of benzene rings is 3. The van der Waals surface area contributed by atoms with Gasteiger partial charge in [-0.05, 0) is 83.6 Å². The standard InChI is InChI=1S/C26H18Cl2F3IN2O3/c1-2-36-23-10-15(9-22(32)24(23)37-14-16-6-7-19(27)12-21(16)28)8-17(13-33)25(35)34-20-5-3-4-18(11-20)26(29,30)31/h3-12H,2,14H2,1H3,(H,34,35)/b17-8+. The number of carbonyl (C=O) groups is 1. The largest absolute Gasteiger partial charge is 0.490 e. The molecule has 0 aliphatic carbocycles. The van der Waals surface area contributed by atoms with E-state index in [2.05, 4.69) is 5.32 Å². The maximum atomic E-state index is 13.0. The van der Waals surface area contributed by atoms with Crippen molar-refractivity contribution in [1.29, 1.82) is 5.26 Å². The zero-order chi connectivity index (χ0) is 27.2. The number of anilines is 1. The molecule has 0 fully saturated rings. The molecule has 37 heavy (non-hydrogen) atoms. The Bertz CT molecular complexity index is 1390. The Morgan fingerprint density at radius 1 is 1.14 bits per heavy atom. The number of rotatable bonds is 8. The van der Waals surface area contributed by atoms with Gasteiger partial charge in [0.15, 0.2) is 11.5 Å². The summed E-state index contributed by atoms with van der Waals surface area (Å²) in [6.45, 7) is 2.25. The number of nitrogens with zero attached hydrogens (tertiary/aromatic N) is 1. The fraction of sp³-hybridized carbons (Fsp3) is 0.154. The molecule has 3 aromatic carbocycles. The average Bonchev–Trinajstić information content (AvgIpc) is 2.83. The summed E-state index contributed by atoms with van der Waals surface area (Å²) in [7, 11) is 0. The fourth-order valence-corrected chi connectivity index (χ4v) is 4.39. The Balaban J connectivity index is 1.85. The maximum absolute atomic E-state index is 13.0. The van der Waals surface area contributed by atoms with E-state index in [4.69, 9.17) is 32.7 Å². The predicted molar refractivity (Wildman–Crippen MR) is 145 cm³/mol. The van der Waals surface area contributed by atoms with Gasteiger partial charge in [0.05, 0.1) is 15.7 Å². The molecule has 3 rings (SSSR count). The molecule has 5 nitrogen and oxygen atoms in total. The predicted octanol–water partition coefficient (Wildman–Crippen LogP) is 8.14. The van der Waals surface area contributed by atoms with Gasteiger partial charge in [-0.2, -0.15) is 18.4 Å². The van der Waals surface area contributed by atoms with E-state index in [1.807, 2.05) is 22.6 Å². The molecule has 0 heterocycles. The lowest BCUT2D eigenvalue weighted by Crippen LogP contribution is -2.14. The van der Waals surface area contributed by atoms with E-state index >= 15 is 0 Å². The van der Waals surface area contributed by atoms with E-state index in [0.29, 0.717) is 42.8 Å². The topological polar surface area (TPSA) is 71.3 Å². The van der Waals surface area contributed by atoms with Crippen molar-refractivity contribution in [3.8, 4) is 17.6 Å². The summed E-state index contributed by atoms with van der Waals surface area (Å²) in [6, 6.07) is 14.3. The highest BCUT2D eigenvalue weighted by Gasteiger charge is 2.30. The number of carbonyl (C=O) groups excluding carboxylic acids is 1. The highest BCUT2D eigenvalue weighted by molar-refractivity contribution is 14.1. The fourth-order valence-electron chi connectivity index (χ4n) is 3.15. The van der Waals surface area contributed by atoms with Gasteiger partial charge in [0.25, 0.3) is 5.91 Å². The van der Waals surface area contributed by atoms with Crippen LogP contribution in [-0.4, -0.2) is 12.5 Å². The summed E-state index contributed by atoms with van der Waals surface area (Å²) in [5, 5.41) is 12.8. The number of hydrogen-bond acceptors (Lipinski definition) is 4. The van der Waals surface area contributed by atoms with Crippen molar-refractivity contribution >= 4 is 63.5 Å². The summed E-state index contributed by atoms with van der Waals surface area (Å²) in [4.78, 5) is 12.6. The molecule has 1 amide bonds. The van der Waals surface area contributed by atoms with Crippen molar-refractivity contribution in [2.45, 2.75) is 19.7 Å². The first-order chi connectivity index (χ1) is 17.5. The molecule has 0 unspecified atom stereocenters. The van der Waals surface area contributed by atoms with Crippen molar-refractivity contribution in [1.82, 2.24) is 0 Å². The number of nitrogens with one attached hydrogen (secondary N) is 1. The molecule has 0 saturated carbocycles. The molecule has 0 radical (unpaired) electrons. The van der Waals surface area contributed by atoms with Gasteiger partial charge in [-0.1, -0.05) is 35.3 Å². The molecule has 0 bridgehead atoms. The van der Waals surface area contributed by atoms with Crippen LogP contribution in [0.25, 0.3) is 6.08 Å². The molecule has 0 spiro atoms. The summed E-state index contributed by atoms with van der Waals surface area (Å²) < 4.78 is 51.2. The monoisotopic (exact) mass is 660 g/mol. The number of ether oxygens (including phenoxy) is 2. The Morgan fingerprint density at radius 2 is 1.89 bits per heavy atom. The lowest BCUT2D eigenvalue weighted by Gasteiger charge is -2.15. The number of halogens is 6. The lowest BCUT2D eigenvalue weighted by molar-refractivity contribution is -0.137. The SMILES string of the molecule is CCOc1cc(/C=C(\C#N)C(=O)Nc2cccc(C(F)(F)F)c2)cc(I)c1OCc1ccc(Cl)cc1Cl. The first-order valence-electron chi connectivity index (χ1n) is 10.6. The minimum Gasteiger partial charge on any atom is -0.490 e. The van der Waals surface area contributed by atoms with Gasteiger partial charge in [-0.15, -0.1) is 0 Å². The van der Waals surface area contributed by atoms with Gasteiger partial charge in [0.2, 0.25) is 0 Å². The number of hydrogen-bond donors (Lipinski definition) is 1. The highest BCUT2D eigenvalue weighted by Crippen LogP contribution is 2.36. The normalized spacial score (nSPS) is 11.6. The maximum Gasteiger partial charge on any atom is 0.416 e. The Hall–Kier alpha value is -2.94. The Labute approximate surface area is 234 Å². The lowest BCUT2D eigenvalue weighted by atomic mass is 10.1. The average molecular weight is 661 g/mol. The quantitative estimate of drug-likeness (QED) is 0.150. The van der Waals surface area contributed by atoms with Crippen LogP contribution in [0, 0.1) is 14.9 Å². The smallest absolute Gasteiger partial charge is 0.416 e. The first kappa shape index (κ1) is 28.6.